The van der Waals surface area contributed by atoms with Gasteiger partial charge in [-0.15, -0.1) is 0 Å². The SMILES string of the molecule is O=C(Cn1ccc(=O)[nH]c1=O)Nc1cccc(OC(F)F)c1. The molecule has 0 aliphatic heterocycles. The number of rotatable bonds is 5. The lowest BCUT2D eigenvalue weighted by molar-refractivity contribution is -0.116. The Morgan fingerprint density at radius 1 is 1.32 bits per heavy atom. The molecule has 2 N–H and O–H groups in total. The van der Waals surface area contributed by atoms with E-state index in [1.807, 2.05) is 4.98 Å². The van der Waals surface area contributed by atoms with Crippen LogP contribution in [0.3, 0.4) is 0 Å². The predicted octanol–water partition coefficient (Wildman–Crippen LogP) is 0.777. The lowest BCUT2D eigenvalue weighted by Gasteiger charge is -2.09. The second-order valence-corrected chi connectivity index (χ2v) is 4.19. The average molecular weight is 311 g/mol. The summed E-state index contributed by atoms with van der Waals surface area (Å²) in [6.45, 7) is -3.30. The average Bonchev–Trinajstić information content (AvgIpc) is 2.41. The first-order valence-electron chi connectivity index (χ1n) is 6.08. The van der Waals surface area contributed by atoms with E-state index in [4.69, 9.17) is 0 Å². The number of carbonyl (C=O) groups is 1. The van der Waals surface area contributed by atoms with Crippen molar-refractivity contribution >= 4 is 11.6 Å². The minimum atomic E-state index is -2.97. The molecule has 1 aromatic heterocycles. The van der Waals surface area contributed by atoms with Crippen LogP contribution in [-0.2, 0) is 11.3 Å². The number of alkyl halides is 2. The molecule has 0 atom stereocenters. The fourth-order valence-corrected chi connectivity index (χ4v) is 1.67. The molecule has 0 radical (unpaired) electrons. The lowest BCUT2D eigenvalue weighted by Crippen LogP contribution is -2.32. The lowest BCUT2D eigenvalue weighted by atomic mass is 10.3. The van der Waals surface area contributed by atoms with Crippen LogP contribution in [0.25, 0.3) is 0 Å². The topological polar surface area (TPSA) is 93.2 Å². The van der Waals surface area contributed by atoms with Gasteiger partial charge in [0.15, 0.2) is 0 Å². The molecule has 9 heteroatoms. The van der Waals surface area contributed by atoms with E-state index >= 15 is 0 Å². The van der Waals surface area contributed by atoms with Gasteiger partial charge in [-0.1, -0.05) is 6.07 Å². The van der Waals surface area contributed by atoms with E-state index in [1.54, 1.807) is 0 Å². The third-order valence-electron chi connectivity index (χ3n) is 2.55. The summed E-state index contributed by atoms with van der Waals surface area (Å²) in [4.78, 5) is 36.1. The highest BCUT2D eigenvalue weighted by Gasteiger charge is 2.08. The Balaban J connectivity index is 2.05. The number of H-pyrrole nitrogens is 1. The zero-order valence-corrected chi connectivity index (χ0v) is 11.1. The quantitative estimate of drug-likeness (QED) is 0.853. The summed E-state index contributed by atoms with van der Waals surface area (Å²) in [5, 5.41) is 2.43. The van der Waals surface area contributed by atoms with E-state index in [0.717, 1.165) is 10.6 Å². The van der Waals surface area contributed by atoms with Crippen LogP contribution in [0.15, 0.2) is 46.1 Å². The Bertz CT molecular complexity index is 785. The third-order valence-corrected chi connectivity index (χ3v) is 2.55. The number of nitrogens with one attached hydrogen (secondary N) is 2. The Morgan fingerprint density at radius 2 is 2.09 bits per heavy atom. The molecule has 7 nitrogen and oxygen atoms in total. The van der Waals surface area contributed by atoms with E-state index < -0.39 is 23.8 Å². The van der Waals surface area contributed by atoms with E-state index in [1.165, 1.54) is 30.5 Å². The maximum absolute atomic E-state index is 12.1. The molecule has 0 saturated carbocycles. The monoisotopic (exact) mass is 311 g/mol. The van der Waals surface area contributed by atoms with Gasteiger partial charge in [0.2, 0.25) is 5.91 Å². The van der Waals surface area contributed by atoms with Crippen molar-refractivity contribution in [3.63, 3.8) is 0 Å². The number of benzene rings is 1. The second-order valence-electron chi connectivity index (χ2n) is 4.19. The van der Waals surface area contributed by atoms with Crippen LogP contribution < -0.4 is 21.3 Å². The van der Waals surface area contributed by atoms with Crippen LogP contribution in [0.5, 0.6) is 5.75 Å². The second kappa shape index (κ2) is 6.66. The van der Waals surface area contributed by atoms with Gasteiger partial charge in [-0.2, -0.15) is 8.78 Å². The zero-order chi connectivity index (χ0) is 16.1. The van der Waals surface area contributed by atoms with Gasteiger partial charge in [-0.3, -0.25) is 19.1 Å². The van der Waals surface area contributed by atoms with Crippen molar-refractivity contribution in [2.75, 3.05) is 5.32 Å². The summed E-state index contributed by atoms with van der Waals surface area (Å²) in [5.41, 5.74) is -1.06. The van der Waals surface area contributed by atoms with Crippen molar-refractivity contribution < 1.29 is 18.3 Å². The van der Waals surface area contributed by atoms with Crippen molar-refractivity contribution in [3.8, 4) is 5.75 Å². The van der Waals surface area contributed by atoms with E-state index in [0.29, 0.717) is 0 Å². The van der Waals surface area contributed by atoms with Crippen LogP contribution in [0.2, 0.25) is 0 Å². The first-order chi connectivity index (χ1) is 10.4. The molecule has 1 heterocycles. The molecule has 0 fully saturated rings. The summed E-state index contributed by atoms with van der Waals surface area (Å²) in [6.07, 6.45) is 1.18. The third kappa shape index (κ3) is 4.27. The highest BCUT2D eigenvalue weighted by Crippen LogP contribution is 2.19. The molecular formula is C13H11F2N3O4. The van der Waals surface area contributed by atoms with Crippen molar-refractivity contribution in [1.82, 2.24) is 9.55 Å². The molecule has 2 aromatic rings. The highest BCUT2D eigenvalue weighted by atomic mass is 19.3. The molecule has 0 spiro atoms. The molecule has 0 aliphatic carbocycles. The minimum absolute atomic E-state index is 0.103. The fraction of sp³-hybridized carbons (Fsp3) is 0.154. The van der Waals surface area contributed by atoms with Gasteiger partial charge in [-0.05, 0) is 12.1 Å². The summed E-state index contributed by atoms with van der Waals surface area (Å²) in [7, 11) is 0. The number of anilines is 1. The van der Waals surface area contributed by atoms with Crippen LogP contribution in [0, 0.1) is 0 Å². The van der Waals surface area contributed by atoms with Crippen LogP contribution in [0.4, 0.5) is 14.5 Å². The zero-order valence-electron chi connectivity index (χ0n) is 11.1. The van der Waals surface area contributed by atoms with E-state index in [9.17, 15) is 23.2 Å². The number of halogens is 2. The molecule has 0 unspecified atom stereocenters. The van der Waals surface area contributed by atoms with Gasteiger partial charge in [-0.25, -0.2) is 4.79 Å². The maximum atomic E-state index is 12.1. The molecular weight excluding hydrogens is 300 g/mol. The predicted molar refractivity (Wildman–Crippen MR) is 73.0 cm³/mol. The number of carbonyl (C=O) groups excluding carboxylic acids is 1. The van der Waals surface area contributed by atoms with E-state index in [2.05, 4.69) is 10.1 Å². The largest absolute Gasteiger partial charge is 0.435 e. The first kappa shape index (κ1) is 15.4. The van der Waals surface area contributed by atoms with Gasteiger partial charge in [0.05, 0.1) is 0 Å². The Labute approximate surface area is 122 Å². The number of nitrogens with zero attached hydrogens (tertiary/aromatic N) is 1. The van der Waals surface area contributed by atoms with Crippen LogP contribution >= 0.6 is 0 Å². The van der Waals surface area contributed by atoms with Gasteiger partial charge in [0.25, 0.3) is 5.56 Å². The standard InChI is InChI=1S/C13H11F2N3O4/c14-12(15)22-9-3-1-2-8(6-9)16-11(20)7-18-5-4-10(19)17-13(18)21/h1-6,12H,7H2,(H,16,20)(H,17,19,21). The molecule has 2 rings (SSSR count). The molecule has 116 valence electrons. The number of aromatic nitrogens is 2. The number of ether oxygens (including phenoxy) is 1. The van der Waals surface area contributed by atoms with E-state index in [-0.39, 0.29) is 18.0 Å². The molecule has 1 amide bonds. The highest BCUT2D eigenvalue weighted by molar-refractivity contribution is 5.90. The fourth-order valence-electron chi connectivity index (χ4n) is 1.67. The van der Waals surface area contributed by atoms with Crippen molar-refractivity contribution in [2.24, 2.45) is 0 Å². The first-order valence-corrected chi connectivity index (χ1v) is 6.08. The van der Waals surface area contributed by atoms with Gasteiger partial charge < -0.3 is 10.1 Å². The maximum Gasteiger partial charge on any atom is 0.387 e. The number of hydrogen-bond acceptors (Lipinski definition) is 4. The molecule has 22 heavy (non-hydrogen) atoms. The number of hydrogen-bond donors (Lipinski definition) is 2. The van der Waals surface area contributed by atoms with Crippen molar-refractivity contribution in [3.05, 3.63) is 57.4 Å². The Kier molecular flexibility index (Phi) is 4.66. The molecule has 0 bridgehead atoms. The summed E-state index contributed by atoms with van der Waals surface area (Å²) >= 11 is 0. The Hall–Kier alpha value is -2.97. The Morgan fingerprint density at radius 3 is 2.77 bits per heavy atom. The number of amides is 1. The summed E-state index contributed by atoms with van der Waals surface area (Å²) in [6, 6.07) is 6.55. The van der Waals surface area contributed by atoms with Gasteiger partial charge in [0.1, 0.15) is 12.3 Å². The smallest absolute Gasteiger partial charge is 0.387 e. The van der Waals surface area contributed by atoms with Crippen molar-refractivity contribution in [2.45, 2.75) is 13.2 Å². The summed E-state index contributed by atoms with van der Waals surface area (Å²) in [5.74, 6) is -0.669. The van der Waals surface area contributed by atoms with Crippen molar-refractivity contribution in [1.29, 1.82) is 0 Å². The number of aromatic amines is 1. The van der Waals surface area contributed by atoms with Gasteiger partial charge in [0, 0.05) is 24.0 Å². The normalized spacial score (nSPS) is 10.5. The molecule has 1 aromatic carbocycles. The minimum Gasteiger partial charge on any atom is -0.435 e. The van der Waals surface area contributed by atoms with Gasteiger partial charge >= 0.3 is 12.3 Å². The van der Waals surface area contributed by atoms with Crippen LogP contribution in [-0.4, -0.2) is 22.1 Å². The summed E-state index contributed by atoms with van der Waals surface area (Å²) < 4.78 is 29.4. The molecule has 0 saturated heterocycles. The van der Waals surface area contributed by atoms with Crippen LogP contribution in [0.1, 0.15) is 0 Å². The molecule has 0 aliphatic rings.